The number of ketones is 2. The van der Waals surface area contributed by atoms with Crippen LogP contribution in [0.1, 0.15) is 60.2 Å². The van der Waals surface area contributed by atoms with Crippen LogP contribution in [0.2, 0.25) is 0 Å². The van der Waals surface area contributed by atoms with Gasteiger partial charge >= 0.3 is 5.97 Å². The number of carboxylic acid groups (broad SMARTS) is 1. The number of rotatable bonds is 7. The van der Waals surface area contributed by atoms with E-state index in [9.17, 15) is 19.2 Å². The second-order valence-corrected chi connectivity index (χ2v) is 12.6. The number of nitrogens with two attached hydrogens (primary N) is 1. The number of anilines is 4. The van der Waals surface area contributed by atoms with Gasteiger partial charge in [-0.3, -0.25) is 14.4 Å². The predicted molar refractivity (Wildman–Crippen MR) is 206 cm³/mol. The monoisotopic (exact) mass is 708 g/mol. The van der Waals surface area contributed by atoms with Crippen molar-refractivity contribution < 1.29 is 24.3 Å². The third-order valence-electron chi connectivity index (χ3n) is 7.60. The number of Topliss-reactive ketones (excluding diaryl/α,β-unsaturated/α-hetero) is 2. The number of hydrogen-bond donors (Lipinski definition) is 5. The molecule has 0 saturated carbocycles. The lowest BCUT2D eigenvalue weighted by Crippen LogP contribution is -2.12. The van der Waals surface area contributed by atoms with Gasteiger partial charge in [0.25, 0.3) is 5.91 Å². The number of amides is 1. The Morgan fingerprint density at radius 1 is 0.660 bits per heavy atom. The number of para-hydroxylation sites is 2. The van der Waals surface area contributed by atoms with E-state index in [4.69, 9.17) is 10.8 Å². The Balaban J connectivity index is 0.000000218. The summed E-state index contributed by atoms with van der Waals surface area (Å²) >= 11 is 4.37. The maximum Gasteiger partial charge on any atom is 0.335 e. The van der Waals surface area contributed by atoms with E-state index in [1.807, 2.05) is 86.4 Å². The largest absolute Gasteiger partial charge is 0.478 e. The van der Waals surface area contributed by atoms with Crippen LogP contribution >= 0.6 is 7.36 Å². The average Bonchev–Trinajstić information content (AvgIpc) is 3.60. The van der Waals surface area contributed by atoms with Crippen LogP contribution in [-0.4, -0.2) is 35.2 Å². The number of nitrogens with one attached hydrogen (secondary N) is 3. The third kappa shape index (κ3) is 12.5. The minimum atomic E-state index is -0.957. The van der Waals surface area contributed by atoms with Crippen LogP contribution in [0.3, 0.4) is 0 Å². The van der Waals surface area contributed by atoms with Crippen molar-refractivity contribution in [3.8, 4) is 0 Å². The quantitative estimate of drug-likeness (QED) is 0.0938. The van der Waals surface area contributed by atoms with Crippen molar-refractivity contribution in [1.29, 1.82) is 0 Å². The first-order valence-electron chi connectivity index (χ1n) is 15.8. The maximum absolute atomic E-state index is 12.3. The number of carbonyl (C=O) groups is 4. The van der Waals surface area contributed by atoms with Crippen molar-refractivity contribution in [3.63, 3.8) is 0 Å². The van der Waals surface area contributed by atoms with Crippen molar-refractivity contribution in [3.05, 3.63) is 143 Å². The summed E-state index contributed by atoms with van der Waals surface area (Å²) in [4.78, 5) is 46.1. The molecule has 6 rings (SSSR count). The van der Waals surface area contributed by atoms with Crippen LogP contribution in [0.4, 0.5) is 22.7 Å². The molecule has 0 spiro atoms. The SMILES string of the molecule is CC1=C(Nc2cccc(C(=O)Nc3ccccc3)c2)CCC1=O.CC1=C(Nc2cccc(C(=O)O)c2)CCC1=O.CP=S.Nc1ccccc1. The van der Waals surface area contributed by atoms with Crippen LogP contribution in [0.25, 0.3) is 0 Å². The average molecular weight is 709 g/mol. The number of carbonyl (C=O) groups excluding carboxylic acids is 3. The van der Waals surface area contributed by atoms with Crippen molar-refractivity contribution in [2.24, 2.45) is 0 Å². The van der Waals surface area contributed by atoms with Crippen LogP contribution in [0.15, 0.2) is 132 Å². The van der Waals surface area contributed by atoms with Crippen LogP contribution < -0.4 is 21.7 Å². The maximum atomic E-state index is 12.3. The summed E-state index contributed by atoms with van der Waals surface area (Å²) in [5, 5.41) is 18.1. The van der Waals surface area contributed by atoms with Crippen LogP contribution in [0, 0.1) is 0 Å². The summed E-state index contributed by atoms with van der Waals surface area (Å²) in [6.45, 7) is 5.54. The molecule has 0 aliphatic heterocycles. The molecular weight excluding hydrogens is 667 g/mol. The van der Waals surface area contributed by atoms with Gasteiger partial charge in [0.1, 0.15) is 0 Å². The molecule has 258 valence electrons. The standard InChI is InChI=1S/C19H18N2O2.C13H13NO3.C6H7N.CH3PS/c1-13-17(10-11-18(13)22)20-16-9-5-6-14(12-16)19(23)21-15-7-3-2-4-8-15;1-8-11(5-6-12(8)15)14-10-4-2-3-9(7-10)13(16)17;7-6-4-2-1-3-5-6;1-2-3/h2-9,12,20H,10-11H2,1H3,(H,21,23);2-4,7,14H,5-6H2,1H3,(H,16,17);1-5H,7H2;1H3. The predicted octanol–water partition coefficient (Wildman–Crippen LogP) is 8.71. The number of allylic oxidation sites excluding steroid dienone is 4. The molecule has 0 aromatic heterocycles. The molecule has 2 aliphatic rings. The molecule has 0 saturated heterocycles. The van der Waals surface area contributed by atoms with Gasteiger partial charge in [0.15, 0.2) is 11.6 Å². The van der Waals surface area contributed by atoms with Crippen molar-refractivity contribution >= 4 is 65.4 Å². The molecule has 0 unspecified atom stereocenters. The lowest BCUT2D eigenvalue weighted by atomic mass is 10.1. The molecule has 0 heterocycles. The molecule has 2 aliphatic carbocycles. The van der Waals surface area contributed by atoms with Crippen LogP contribution in [0.5, 0.6) is 0 Å². The van der Waals surface area contributed by atoms with Gasteiger partial charge in [-0.1, -0.05) is 60.3 Å². The first-order chi connectivity index (χ1) is 24.0. The van der Waals surface area contributed by atoms with Gasteiger partial charge in [0, 0.05) is 63.7 Å². The number of benzene rings is 4. The molecule has 6 N–H and O–H groups in total. The van der Waals surface area contributed by atoms with Crippen LogP contribution in [-0.2, 0) is 21.4 Å². The molecule has 11 heteroatoms. The highest BCUT2D eigenvalue weighted by Crippen LogP contribution is 2.26. The molecule has 1 amide bonds. The molecule has 50 heavy (non-hydrogen) atoms. The highest BCUT2D eigenvalue weighted by molar-refractivity contribution is 7.96. The Morgan fingerprint density at radius 3 is 1.48 bits per heavy atom. The molecule has 4 aromatic carbocycles. The minimum Gasteiger partial charge on any atom is -0.478 e. The van der Waals surface area contributed by atoms with Gasteiger partial charge in [0.05, 0.1) is 5.56 Å². The van der Waals surface area contributed by atoms with E-state index in [0.717, 1.165) is 53.4 Å². The minimum absolute atomic E-state index is 0.155. The van der Waals surface area contributed by atoms with E-state index in [1.165, 1.54) is 6.07 Å². The third-order valence-corrected chi connectivity index (χ3v) is 7.60. The Hall–Kier alpha value is -5.44. The van der Waals surface area contributed by atoms with E-state index in [2.05, 4.69) is 27.8 Å². The summed E-state index contributed by atoms with van der Waals surface area (Å²) in [5.41, 5.74) is 12.6. The Bertz CT molecular complexity index is 1880. The zero-order valence-electron chi connectivity index (χ0n) is 28.2. The normalized spacial score (nSPS) is 13.3. The summed E-state index contributed by atoms with van der Waals surface area (Å²) in [6, 6.07) is 32.7. The molecule has 0 radical (unpaired) electrons. The van der Waals surface area contributed by atoms with E-state index >= 15 is 0 Å². The lowest BCUT2D eigenvalue weighted by Gasteiger charge is -2.10. The summed E-state index contributed by atoms with van der Waals surface area (Å²) in [5.74, 6) is -0.776. The Kier molecular flexibility index (Phi) is 15.7. The highest BCUT2D eigenvalue weighted by Gasteiger charge is 2.20. The van der Waals surface area contributed by atoms with E-state index in [1.54, 1.807) is 37.3 Å². The molecule has 0 atom stereocenters. The number of nitrogen functional groups attached to an aromatic ring is 1. The molecule has 9 nitrogen and oxygen atoms in total. The first kappa shape index (κ1) is 39.0. The number of carboxylic acids is 1. The van der Waals surface area contributed by atoms with Gasteiger partial charge in [-0.2, -0.15) is 0 Å². The van der Waals surface area contributed by atoms with Gasteiger partial charge in [-0.25, -0.2) is 4.79 Å². The fourth-order valence-electron chi connectivity index (χ4n) is 4.87. The lowest BCUT2D eigenvalue weighted by molar-refractivity contribution is -0.115. The summed E-state index contributed by atoms with van der Waals surface area (Å²) in [6.07, 6.45) is 2.52. The first-order valence-corrected chi connectivity index (χ1v) is 18.2. The van der Waals surface area contributed by atoms with Crippen molar-refractivity contribution in [1.82, 2.24) is 0 Å². The van der Waals surface area contributed by atoms with E-state index in [0.29, 0.717) is 30.5 Å². The molecule has 4 aromatic rings. The summed E-state index contributed by atoms with van der Waals surface area (Å²) < 4.78 is 0. The molecule has 0 fully saturated rings. The van der Waals surface area contributed by atoms with Gasteiger partial charge in [-0.15, -0.1) is 0 Å². The zero-order chi connectivity index (χ0) is 36.5. The van der Waals surface area contributed by atoms with Crippen molar-refractivity contribution in [2.45, 2.75) is 39.5 Å². The molecular formula is C39H41N4O5PS. The Morgan fingerprint density at radius 2 is 1.08 bits per heavy atom. The topological polar surface area (TPSA) is 151 Å². The summed E-state index contributed by atoms with van der Waals surface area (Å²) in [7, 11) is 1.00. The van der Waals surface area contributed by atoms with E-state index < -0.39 is 5.97 Å². The fraction of sp³-hybridized carbons (Fsp3) is 0.179. The second kappa shape index (κ2) is 20.2. The van der Waals surface area contributed by atoms with Gasteiger partial charge < -0.3 is 26.8 Å². The van der Waals surface area contributed by atoms with Gasteiger partial charge in [0.2, 0.25) is 0 Å². The van der Waals surface area contributed by atoms with Gasteiger partial charge in [-0.05, 0) is 101 Å². The van der Waals surface area contributed by atoms with Crippen molar-refractivity contribution in [2.75, 3.05) is 28.3 Å². The molecule has 0 bridgehead atoms. The zero-order valence-corrected chi connectivity index (χ0v) is 29.9. The highest BCUT2D eigenvalue weighted by atomic mass is 32.4. The van der Waals surface area contributed by atoms with E-state index in [-0.39, 0.29) is 23.0 Å². The Labute approximate surface area is 299 Å². The fourth-order valence-corrected chi connectivity index (χ4v) is 4.87. The smallest absolute Gasteiger partial charge is 0.335 e. The number of aromatic carboxylic acids is 1. The second-order valence-electron chi connectivity index (χ2n) is 11.2. The number of hydrogen-bond acceptors (Lipinski definition) is 8.